The molecule has 0 aromatic heterocycles. The van der Waals surface area contributed by atoms with Crippen LogP contribution in [0.5, 0.6) is 5.75 Å². The third-order valence-corrected chi connectivity index (χ3v) is 4.53. The molecule has 0 saturated heterocycles. The number of nitrogens with two attached hydrogens (primary N) is 1. The number of aliphatic hydroxyl groups is 1. The van der Waals surface area contributed by atoms with E-state index in [1.807, 2.05) is 12.1 Å². The topological polar surface area (TPSA) is 64.7 Å². The predicted octanol–water partition coefficient (Wildman–Crippen LogP) is 2.13. The lowest BCUT2D eigenvalue weighted by molar-refractivity contribution is 0.00355. The van der Waals surface area contributed by atoms with Gasteiger partial charge in [0.25, 0.3) is 0 Å². The van der Waals surface area contributed by atoms with Crippen molar-refractivity contribution in [3.8, 4) is 5.75 Å². The first-order chi connectivity index (χ1) is 10.2. The smallest absolute Gasteiger partial charge is 0.119 e. The molecule has 0 heterocycles. The third kappa shape index (κ3) is 4.43. The Balaban J connectivity index is 1.75. The molecule has 0 bridgehead atoms. The minimum Gasteiger partial charge on any atom is -0.494 e. The van der Waals surface area contributed by atoms with E-state index < -0.39 is 5.60 Å². The van der Waals surface area contributed by atoms with Gasteiger partial charge in [-0.1, -0.05) is 18.6 Å². The highest BCUT2D eigenvalue weighted by molar-refractivity contribution is 5.27. The highest BCUT2D eigenvalue weighted by atomic mass is 16.5. The van der Waals surface area contributed by atoms with Crippen LogP contribution in [0, 0.1) is 5.92 Å². The van der Waals surface area contributed by atoms with Crippen LogP contribution in [0.3, 0.4) is 0 Å². The molecule has 2 atom stereocenters. The summed E-state index contributed by atoms with van der Waals surface area (Å²) in [7, 11) is 1.71. The Morgan fingerprint density at radius 2 is 2.05 bits per heavy atom. The van der Waals surface area contributed by atoms with Gasteiger partial charge in [0.15, 0.2) is 0 Å². The van der Waals surface area contributed by atoms with Crippen molar-refractivity contribution in [2.75, 3.05) is 26.9 Å². The normalized spacial score (nSPS) is 25.2. The molecule has 1 aliphatic rings. The second-order valence-corrected chi connectivity index (χ2v) is 5.92. The molecule has 1 saturated carbocycles. The molecule has 2 unspecified atom stereocenters. The van der Waals surface area contributed by atoms with Crippen LogP contribution >= 0.6 is 0 Å². The van der Waals surface area contributed by atoms with Crippen molar-refractivity contribution in [1.29, 1.82) is 0 Å². The standard InChI is InChI=1S/C17H27NO3/c1-20-11-8-14-4-6-16(7-5-14)21-12-9-15-3-2-10-17(15,19)13-18/h4-7,15,19H,2-3,8-13,18H2,1H3. The summed E-state index contributed by atoms with van der Waals surface area (Å²) in [6, 6.07) is 8.13. The van der Waals surface area contributed by atoms with Gasteiger partial charge in [0.1, 0.15) is 5.75 Å². The molecule has 1 fully saturated rings. The van der Waals surface area contributed by atoms with E-state index in [0.717, 1.165) is 44.5 Å². The maximum atomic E-state index is 10.4. The first-order valence-corrected chi connectivity index (χ1v) is 7.81. The zero-order chi connectivity index (χ0) is 15.1. The third-order valence-electron chi connectivity index (χ3n) is 4.53. The average Bonchev–Trinajstić information content (AvgIpc) is 2.88. The van der Waals surface area contributed by atoms with Gasteiger partial charge in [0.2, 0.25) is 0 Å². The van der Waals surface area contributed by atoms with Crippen molar-refractivity contribution < 1.29 is 14.6 Å². The molecule has 21 heavy (non-hydrogen) atoms. The molecule has 0 radical (unpaired) electrons. The van der Waals surface area contributed by atoms with Crippen molar-refractivity contribution in [2.24, 2.45) is 11.7 Å². The van der Waals surface area contributed by atoms with Crippen LogP contribution < -0.4 is 10.5 Å². The van der Waals surface area contributed by atoms with Gasteiger partial charge in [-0.15, -0.1) is 0 Å². The number of hydrogen-bond donors (Lipinski definition) is 2. The van der Waals surface area contributed by atoms with Crippen LogP contribution in [0.25, 0.3) is 0 Å². The fourth-order valence-electron chi connectivity index (χ4n) is 3.10. The molecule has 4 nitrogen and oxygen atoms in total. The Hall–Kier alpha value is -1.10. The van der Waals surface area contributed by atoms with Crippen molar-refractivity contribution in [3.05, 3.63) is 29.8 Å². The summed E-state index contributed by atoms with van der Waals surface area (Å²) in [6.07, 6.45) is 4.71. The van der Waals surface area contributed by atoms with Crippen molar-refractivity contribution in [1.82, 2.24) is 0 Å². The summed E-state index contributed by atoms with van der Waals surface area (Å²) < 4.78 is 10.8. The molecule has 2 rings (SSSR count). The van der Waals surface area contributed by atoms with Crippen molar-refractivity contribution in [2.45, 2.75) is 37.7 Å². The number of rotatable bonds is 8. The Kier molecular flexibility index (Phi) is 6.03. The number of benzene rings is 1. The zero-order valence-electron chi connectivity index (χ0n) is 12.9. The molecule has 4 heteroatoms. The summed E-state index contributed by atoms with van der Waals surface area (Å²) in [5.74, 6) is 1.15. The second-order valence-electron chi connectivity index (χ2n) is 5.92. The van der Waals surface area contributed by atoms with E-state index in [1.165, 1.54) is 5.56 Å². The van der Waals surface area contributed by atoms with Crippen LogP contribution in [0.2, 0.25) is 0 Å². The van der Waals surface area contributed by atoms with Crippen molar-refractivity contribution >= 4 is 0 Å². The van der Waals surface area contributed by atoms with E-state index in [0.29, 0.717) is 13.2 Å². The largest absolute Gasteiger partial charge is 0.494 e. The molecular formula is C17H27NO3. The fourth-order valence-corrected chi connectivity index (χ4v) is 3.10. The van der Waals surface area contributed by atoms with E-state index in [4.69, 9.17) is 15.2 Å². The molecule has 1 aliphatic carbocycles. The molecule has 1 aromatic rings. The summed E-state index contributed by atoms with van der Waals surface area (Å²) in [5, 5.41) is 10.4. The fraction of sp³-hybridized carbons (Fsp3) is 0.647. The lowest BCUT2D eigenvalue weighted by atomic mass is 9.88. The monoisotopic (exact) mass is 293 g/mol. The van der Waals surface area contributed by atoms with Gasteiger partial charge in [-0.3, -0.25) is 0 Å². The summed E-state index contributed by atoms with van der Waals surface area (Å²) in [5.41, 5.74) is 6.27. The minimum atomic E-state index is -0.673. The first kappa shape index (κ1) is 16.3. The van der Waals surface area contributed by atoms with Gasteiger partial charge < -0.3 is 20.3 Å². The van der Waals surface area contributed by atoms with Crippen LogP contribution in [0.15, 0.2) is 24.3 Å². The van der Waals surface area contributed by atoms with Gasteiger partial charge in [-0.05, 0) is 49.3 Å². The quantitative estimate of drug-likeness (QED) is 0.770. The number of methoxy groups -OCH3 is 1. The van der Waals surface area contributed by atoms with Crippen LogP contribution in [0.1, 0.15) is 31.2 Å². The van der Waals surface area contributed by atoms with Crippen LogP contribution in [0.4, 0.5) is 0 Å². The molecule has 0 spiro atoms. The SMILES string of the molecule is COCCc1ccc(OCCC2CCCC2(O)CN)cc1. The highest BCUT2D eigenvalue weighted by Crippen LogP contribution is 2.37. The molecular weight excluding hydrogens is 266 g/mol. The van der Waals surface area contributed by atoms with E-state index in [1.54, 1.807) is 7.11 Å². The minimum absolute atomic E-state index is 0.267. The van der Waals surface area contributed by atoms with Crippen LogP contribution in [-0.4, -0.2) is 37.6 Å². The van der Waals surface area contributed by atoms with Gasteiger partial charge in [-0.25, -0.2) is 0 Å². The molecule has 0 amide bonds. The molecule has 3 N–H and O–H groups in total. The maximum Gasteiger partial charge on any atom is 0.119 e. The zero-order valence-corrected chi connectivity index (χ0v) is 12.9. The van der Waals surface area contributed by atoms with Crippen LogP contribution in [-0.2, 0) is 11.2 Å². The summed E-state index contributed by atoms with van der Waals surface area (Å²) in [4.78, 5) is 0. The van der Waals surface area contributed by atoms with Crippen molar-refractivity contribution in [3.63, 3.8) is 0 Å². The second kappa shape index (κ2) is 7.78. The Morgan fingerprint density at radius 1 is 1.29 bits per heavy atom. The number of ether oxygens (including phenoxy) is 2. The van der Waals surface area contributed by atoms with Gasteiger partial charge >= 0.3 is 0 Å². The van der Waals surface area contributed by atoms with E-state index in [9.17, 15) is 5.11 Å². The Morgan fingerprint density at radius 3 is 2.71 bits per heavy atom. The number of hydrogen-bond acceptors (Lipinski definition) is 4. The molecule has 1 aromatic carbocycles. The first-order valence-electron chi connectivity index (χ1n) is 7.81. The summed E-state index contributed by atoms with van der Waals surface area (Å²) in [6.45, 7) is 1.72. The van der Waals surface area contributed by atoms with E-state index in [-0.39, 0.29) is 5.92 Å². The highest BCUT2D eigenvalue weighted by Gasteiger charge is 2.39. The molecule has 0 aliphatic heterocycles. The predicted molar refractivity (Wildman–Crippen MR) is 83.5 cm³/mol. The van der Waals surface area contributed by atoms with E-state index >= 15 is 0 Å². The Labute approximate surface area is 127 Å². The van der Waals surface area contributed by atoms with E-state index in [2.05, 4.69) is 12.1 Å². The maximum absolute atomic E-state index is 10.4. The van der Waals surface area contributed by atoms with Gasteiger partial charge in [0.05, 0.1) is 18.8 Å². The summed E-state index contributed by atoms with van der Waals surface area (Å²) >= 11 is 0. The van der Waals surface area contributed by atoms with Gasteiger partial charge in [0, 0.05) is 13.7 Å². The van der Waals surface area contributed by atoms with Gasteiger partial charge in [-0.2, -0.15) is 0 Å². The molecule has 118 valence electrons. The average molecular weight is 293 g/mol. The Bertz CT molecular complexity index is 421. The lowest BCUT2D eigenvalue weighted by Gasteiger charge is -2.28. The lowest BCUT2D eigenvalue weighted by Crippen LogP contribution is -2.41.